The number of methoxy groups -OCH3 is 1. The lowest BCUT2D eigenvalue weighted by Gasteiger charge is -2.13. The molecule has 0 aliphatic rings. The van der Waals surface area contributed by atoms with Crippen LogP contribution in [0.2, 0.25) is 0 Å². The van der Waals surface area contributed by atoms with E-state index in [1.807, 2.05) is 19.1 Å². The van der Waals surface area contributed by atoms with Gasteiger partial charge in [0, 0.05) is 0 Å². The molecule has 0 bridgehead atoms. The number of aromatic nitrogens is 2. The van der Waals surface area contributed by atoms with E-state index < -0.39 is 17.4 Å². The van der Waals surface area contributed by atoms with E-state index >= 15 is 0 Å². The molecule has 0 radical (unpaired) electrons. The molecule has 0 saturated carbocycles. The number of hydrogen-bond donors (Lipinski definition) is 1. The summed E-state index contributed by atoms with van der Waals surface area (Å²) in [4.78, 5) is 37.6. The average molecular weight is 407 g/mol. The molecular formula is C22H21N3O5. The minimum Gasteiger partial charge on any atom is -0.494 e. The van der Waals surface area contributed by atoms with Crippen LogP contribution in [0.5, 0.6) is 5.75 Å². The van der Waals surface area contributed by atoms with Crippen LogP contribution in [-0.2, 0) is 4.74 Å². The quantitative estimate of drug-likeness (QED) is 0.631. The predicted molar refractivity (Wildman–Crippen MR) is 111 cm³/mol. The van der Waals surface area contributed by atoms with Crippen LogP contribution in [0.15, 0.2) is 59.4 Å². The number of nitrogens with zero attached hydrogens (tertiary/aromatic N) is 2. The largest absolute Gasteiger partial charge is 0.494 e. The van der Waals surface area contributed by atoms with Crippen LogP contribution in [-0.4, -0.2) is 35.4 Å². The van der Waals surface area contributed by atoms with Crippen molar-refractivity contribution >= 4 is 17.6 Å². The van der Waals surface area contributed by atoms with Gasteiger partial charge in [-0.1, -0.05) is 29.8 Å². The Morgan fingerprint density at radius 2 is 1.80 bits per heavy atom. The molecule has 3 aromatic rings. The molecule has 0 saturated heterocycles. The summed E-state index contributed by atoms with van der Waals surface area (Å²) in [5, 5.41) is 6.85. The van der Waals surface area contributed by atoms with Crippen molar-refractivity contribution in [3.05, 3.63) is 81.8 Å². The van der Waals surface area contributed by atoms with Gasteiger partial charge >= 0.3 is 5.97 Å². The van der Waals surface area contributed by atoms with Crippen LogP contribution in [0.25, 0.3) is 5.69 Å². The van der Waals surface area contributed by atoms with E-state index in [0.29, 0.717) is 5.69 Å². The average Bonchev–Trinajstić information content (AvgIpc) is 2.74. The SMILES string of the molecule is CCOC(=O)c1ccccc1NC(=O)c1nn(-c2ccc(C)cc2)c(=O)cc1OC. The Bertz CT molecular complexity index is 1140. The molecular weight excluding hydrogens is 386 g/mol. The monoisotopic (exact) mass is 407 g/mol. The van der Waals surface area contributed by atoms with Crippen molar-refractivity contribution in [3.63, 3.8) is 0 Å². The van der Waals surface area contributed by atoms with E-state index in [4.69, 9.17) is 9.47 Å². The van der Waals surface area contributed by atoms with Crippen molar-refractivity contribution in [2.45, 2.75) is 13.8 Å². The van der Waals surface area contributed by atoms with E-state index in [2.05, 4.69) is 10.4 Å². The summed E-state index contributed by atoms with van der Waals surface area (Å²) >= 11 is 0. The molecule has 30 heavy (non-hydrogen) atoms. The third kappa shape index (κ3) is 4.38. The number of carbonyl (C=O) groups is 2. The van der Waals surface area contributed by atoms with Crippen LogP contribution < -0.4 is 15.6 Å². The Morgan fingerprint density at radius 3 is 2.47 bits per heavy atom. The number of carbonyl (C=O) groups excluding carboxylic acids is 2. The Morgan fingerprint density at radius 1 is 1.10 bits per heavy atom. The van der Waals surface area contributed by atoms with Gasteiger partial charge in [0.05, 0.1) is 36.7 Å². The summed E-state index contributed by atoms with van der Waals surface area (Å²) in [6.45, 7) is 3.83. The molecule has 2 aromatic carbocycles. The van der Waals surface area contributed by atoms with Crippen LogP contribution in [0.3, 0.4) is 0 Å². The van der Waals surface area contributed by atoms with Gasteiger partial charge in [-0.3, -0.25) is 9.59 Å². The normalized spacial score (nSPS) is 10.4. The van der Waals surface area contributed by atoms with E-state index in [9.17, 15) is 14.4 Å². The molecule has 154 valence electrons. The van der Waals surface area contributed by atoms with E-state index in [1.54, 1.807) is 43.3 Å². The number of hydrogen-bond acceptors (Lipinski definition) is 6. The number of benzene rings is 2. The Balaban J connectivity index is 2.00. The third-order valence-electron chi connectivity index (χ3n) is 4.28. The molecule has 0 fully saturated rings. The second-order valence-corrected chi connectivity index (χ2v) is 6.37. The van der Waals surface area contributed by atoms with Crippen LogP contribution in [0.1, 0.15) is 33.3 Å². The van der Waals surface area contributed by atoms with Crippen LogP contribution in [0, 0.1) is 6.92 Å². The smallest absolute Gasteiger partial charge is 0.340 e. The molecule has 1 amide bonds. The highest BCUT2D eigenvalue weighted by Crippen LogP contribution is 2.20. The lowest BCUT2D eigenvalue weighted by molar-refractivity contribution is 0.0527. The van der Waals surface area contributed by atoms with Gasteiger partial charge in [0.1, 0.15) is 0 Å². The maximum Gasteiger partial charge on any atom is 0.340 e. The summed E-state index contributed by atoms with van der Waals surface area (Å²) in [6.07, 6.45) is 0. The van der Waals surface area contributed by atoms with E-state index in [-0.39, 0.29) is 29.3 Å². The second-order valence-electron chi connectivity index (χ2n) is 6.37. The molecule has 0 atom stereocenters. The number of amides is 1. The standard InChI is InChI=1S/C22H21N3O5/c1-4-30-22(28)16-7-5-6-8-17(16)23-21(27)20-18(29-3)13-19(26)25(24-20)15-11-9-14(2)10-12-15/h5-13H,4H2,1-3H3,(H,23,27). The Labute approximate surface area is 173 Å². The summed E-state index contributed by atoms with van der Waals surface area (Å²) < 4.78 is 11.3. The lowest BCUT2D eigenvalue weighted by Crippen LogP contribution is -2.26. The van der Waals surface area contributed by atoms with Gasteiger partial charge in [-0.2, -0.15) is 9.78 Å². The van der Waals surface area contributed by atoms with Crippen LogP contribution >= 0.6 is 0 Å². The zero-order chi connectivity index (χ0) is 21.7. The zero-order valence-electron chi connectivity index (χ0n) is 16.8. The summed E-state index contributed by atoms with van der Waals surface area (Å²) in [6, 6.07) is 14.8. The Hall–Kier alpha value is -3.94. The number of aryl methyl sites for hydroxylation is 1. The molecule has 1 N–H and O–H groups in total. The van der Waals surface area contributed by atoms with Gasteiger partial charge in [0.25, 0.3) is 11.5 Å². The number of para-hydroxylation sites is 1. The number of ether oxygens (including phenoxy) is 2. The number of anilines is 1. The van der Waals surface area contributed by atoms with Gasteiger partial charge in [0.15, 0.2) is 11.4 Å². The van der Waals surface area contributed by atoms with Gasteiger partial charge in [-0.15, -0.1) is 0 Å². The molecule has 1 aromatic heterocycles. The van der Waals surface area contributed by atoms with Crippen molar-refractivity contribution in [1.82, 2.24) is 9.78 Å². The van der Waals surface area contributed by atoms with Crippen molar-refractivity contribution < 1.29 is 19.1 Å². The highest BCUT2D eigenvalue weighted by Gasteiger charge is 2.21. The maximum atomic E-state index is 13.0. The first kappa shape index (κ1) is 20.8. The van der Waals surface area contributed by atoms with Crippen molar-refractivity contribution in [3.8, 4) is 11.4 Å². The number of nitrogens with one attached hydrogen (secondary N) is 1. The van der Waals surface area contributed by atoms with Crippen LogP contribution in [0.4, 0.5) is 5.69 Å². The molecule has 8 nitrogen and oxygen atoms in total. The molecule has 8 heteroatoms. The third-order valence-corrected chi connectivity index (χ3v) is 4.28. The minimum absolute atomic E-state index is 0.0227. The van der Waals surface area contributed by atoms with E-state index in [1.165, 1.54) is 13.2 Å². The number of esters is 1. The molecule has 0 aliphatic carbocycles. The zero-order valence-corrected chi connectivity index (χ0v) is 16.8. The topological polar surface area (TPSA) is 99.5 Å². The van der Waals surface area contributed by atoms with Gasteiger partial charge in [0.2, 0.25) is 0 Å². The molecule has 0 aliphatic heterocycles. The Kier molecular flexibility index (Phi) is 6.26. The fourth-order valence-corrected chi connectivity index (χ4v) is 2.78. The first-order chi connectivity index (χ1) is 14.4. The maximum absolute atomic E-state index is 13.0. The highest BCUT2D eigenvalue weighted by molar-refractivity contribution is 6.08. The van der Waals surface area contributed by atoms with Gasteiger partial charge in [-0.25, -0.2) is 4.79 Å². The molecule has 1 heterocycles. The lowest BCUT2D eigenvalue weighted by atomic mass is 10.1. The summed E-state index contributed by atoms with van der Waals surface area (Å²) in [5.74, 6) is -1.17. The van der Waals surface area contributed by atoms with Crippen molar-refractivity contribution in [2.75, 3.05) is 19.0 Å². The predicted octanol–water partition coefficient (Wildman–Crippen LogP) is 2.98. The van der Waals surface area contributed by atoms with E-state index in [0.717, 1.165) is 10.2 Å². The highest BCUT2D eigenvalue weighted by atomic mass is 16.5. The first-order valence-corrected chi connectivity index (χ1v) is 9.27. The fourth-order valence-electron chi connectivity index (χ4n) is 2.78. The minimum atomic E-state index is -0.635. The van der Waals surface area contributed by atoms with Crippen molar-refractivity contribution in [1.29, 1.82) is 0 Å². The molecule has 0 unspecified atom stereocenters. The van der Waals surface area contributed by atoms with Gasteiger partial charge in [-0.05, 0) is 38.1 Å². The van der Waals surface area contributed by atoms with Crippen molar-refractivity contribution in [2.24, 2.45) is 0 Å². The molecule has 0 spiro atoms. The fraction of sp³-hybridized carbons (Fsp3) is 0.182. The first-order valence-electron chi connectivity index (χ1n) is 9.27. The second kappa shape index (κ2) is 9.04. The summed E-state index contributed by atoms with van der Waals surface area (Å²) in [5.41, 5.74) is 1.45. The summed E-state index contributed by atoms with van der Waals surface area (Å²) in [7, 11) is 1.34. The van der Waals surface area contributed by atoms with Gasteiger partial charge < -0.3 is 14.8 Å². The molecule has 3 rings (SSSR count). The number of rotatable bonds is 6.